The van der Waals surface area contributed by atoms with Gasteiger partial charge in [-0.3, -0.25) is 4.90 Å². The molecule has 1 unspecified atom stereocenters. The molecule has 2 fully saturated rings. The van der Waals surface area contributed by atoms with Crippen LogP contribution in [-0.2, 0) is 4.74 Å². The minimum atomic E-state index is -0.301. The lowest BCUT2D eigenvalue weighted by molar-refractivity contribution is 0.0723. The van der Waals surface area contributed by atoms with Crippen LogP contribution in [0.2, 0.25) is 0 Å². The van der Waals surface area contributed by atoms with Crippen molar-refractivity contribution in [3.05, 3.63) is 0 Å². The number of likely N-dealkylation sites (tertiary alicyclic amines) is 1. The van der Waals surface area contributed by atoms with Gasteiger partial charge in [0, 0.05) is 25.7 Å². The normalized spacial score (nSPS) is 31.1. The van der Waals surface area contributed by atoms with Gasteiger partial charge in [0.2, 0.25) is 0 Å². The van der Waals surface area contributed by atoms with Crippen molar-refractivity contribution in [2.45, 2.75) is 12.1 Å². The molecular formula is C7H13N3O2. The Labute approximate surface area is 70.8 Å². The number of hydrogen-bond donors (Lipinski definition) is 2. The van der Waals surface area contributed by atoms with Crippen LogP contribution in [0.1, 0.15) is 0 Å². The van der Waals surface area contributed by atoms with E-state index in [-0.39, 0.29) is 12.2 Å². The molecule has 0 aromatic carbocycles. The predicted octanol–water partition coefficient (Wildman–Crippen LogP) is -1.26. The maximum atomic E-state index is 10.6. The van der Waals surface area contributed by atoms with Gasteiger partial charge in [-0.1, -0.05) is 0 Å². The number of nitrogens with one attached hydrogen (secondary N) is 1. The molecule has 1 atom stereocenters. The summed E-state index contributed by atoms with van der Waals surface area (Å²) >= 11 is 0. The maximum absolute atomic E-state index is 10.6. The first kappa shape index (κ1) is 7.82. The van der Waals surface area contributed by atoms with Crippen LogP contribution in [0, 0.1) is 0 Å². The molecule has 0 spiro atoms. The third-order valence-electron chi connectivity index (χ3n) is 2.20. The van der Waals surface area contributed by atoms with E-state index in [4.69, 9.17) is 10.5 Å². The number of rotatable bonds is 2. The number of carbonyl (C=O) groups is 1. The van der Waals surface area contributed by atoms with Crippen molar-refractivity contribution in [3.63, 3.8) is 0 Å². The van der Waals surface area contributed by atoms with E-state index in [0.717, 1.165) is 19.6 Å². The van der Waals surface area contributed by atoms with Gasteiger partial charge in [0.05, 0.1) is 6.54 Å². The van der Waals surface area contributed by atoms with Gasteiger partial charge in [0.1, 0.15) is 6.10 Å². The van der Waals surface area contributed by atoms with E-state index < -0.39 is 0 Å². The topological polar surface area (TPSA) is 67.6 Å². The van der Waals surface area contributed by atoms with Crippen LogP contribution in [0.3, 0.4) is 0 Å². The van der Waals surface area contributed by atoms with Crippen molar-refractivity contribution in [3.8, 4) is 0 Å². The largest absolute Gasteiger partial charge is 0.443 e. The Kier molecular flexibility index (Phi) is 1.90. The smallest absolute Gasteiger partial charge is 0.407 e. The average Bonchev–Trinajstić information content (AvgIpc) is 2.33. The third kappa shape index (κ3) is 1.51. The highest BCUT2D eigenvalue weighted by Crippen LogP contribution is 2.09. The molecule has 0 saturated carbocycles. The second kappa shape index (κ2) is 2.91. The first-order chi connectivity index (χ1) is 5.74. The Hall–Kier alpha value is -0.810. The van der Waals surface area contributed by atoms with Crippen LogP contribution in [0.5, 0.6) is 0 Å². The number of alkyl carbamates (subject to hydrolysis) is 1. The average molecular weight is 171 g/mol. The van der Waals surface area contributed by atoms with E-state index in [2.05, 4.69) is 10.2 Å². The molecule has 5 nitrogen and oxygen atoms in total. The standard InChI is InChI=1S/C7H13N3O2/c8-5-2-10(3-5)4-6-1-9-7(11)12-6/h5-6H,1-4,8H2,(H,9,11). The minimum absolute atomic E-state index is 0.0185. The summed E-state index contributed by atoms with van der Waals surface area (Å²) in [6.45, 7) is 3.29. The van der Waals surface area contributed by atoms with E-state index in [0.29, 0.717) is 12.6 Å². The number of hydrogen-bond acceptors (Lipinski definition) is 4. The van der Waals surface area contributed by atoms with Gasteiger partial charge < -0.3 is 15.8 Å². The zero-order valence-electron chi connectivity index (χ0n) is 6.82. The fourth-order valence-electron chi connectivity index (χ4n) is 1.58. The summed E-state index contributed by atoms with van der Waals surface area (Å²) in [7, 11) is 0. The van der Waals surface area contributed by atoms with Crippen molar-refractivity contribution >= 4 is 6.09 Å². The third-order valence-corrected chi connectivity index (χ3v) is 2.20. The summed E-state index contributed by atoms with van der Waals surface area (Å²) < 4.78 is 4.97. The van der Waals surface area contributed by atoms with Gasteiger partial charge in [-0.25, -0.2) is 4.79 Å². The SMILES string of the molecule is NC1CN(CC2CNC(=O)O2)C1. The molecule has 1 amide bonds. The minimum Gasteiger partial charge on any atom is -0.443 e. The Morgan fingerprint density at radius 3 is 2.92 bits per heavy atom. The molecule has 0 bridgehead atoms. The molecule has 0 radical (unpaired) electrons. The van der Waals surface area contributed by atoms with Crippen molar-refractivity contribution in [1.82, 2.24) is 10.2 Å². The van der Waals surface area contributed by atoms with Gasteiger partial charge in [0.25, 0.3) is 0 Å². The Bertz CT molecular complexity index is 191. The zero-order valence-corrected chi connectivity index (χ0v) is 6.82. The molecule has 0 aromatic rings. The number of carbonyl (C=O) groups excluding carboxylic acids is 1. The van der Waals surface area contributed by atoms with Crippen LogP contribution >= 0.6 is 0 Å². The lowest BCUT2D eigenvalue weighted by Gasteiger charge is -2.37. The monoisotopic (exact) mass is 171 g/mol. The van der Waals surface area contributed by atoms with Crippen molar-refractivity contribution in [2.75, 3.05) is 26.2 Å². The zero-order chi connectivity index (χ0) is 8.55. The summed E-state index contributed by atoms with van der Waals surface area (Å²) in [5.74, 6) is 0. The molecule has 0 aliphatic carbocycles. The summed E-state index contributed by atoms with van der Waals surface area (Å²) in [6, 6.07) is 0.315. The van der Waals surface area contributed by atoms with E-state index >= 15 is 0 Å². The number of nitrogens with two attached hydrogens (primary N) is 1. The lowest BCUT2D eigenvalue weighted by atomic mass is 10.1. The Morgan fingerprint density at radius 1 is 1.67 bits per heavy atom. The number of nitrogens with zero attached hydrogens (tertiary/aromatic N) is 1. The van der Waals surface area contributed by atoms with Gasteiger partial charge in [0.15, 0.2) is 0 Å². The van der Waals surface area contributed by atoms with Crippen LogP contribution in [-0.4, -0.2) is 49.3 Å². The second-order valence-corrected chi connectivity index (χ2v) is 3.39. The molecule has 2 aliphatic heterocycles. The van der Waals surface area contributed by atoms with E-state index in [1.807, 2.05) is 0 Å². The number of ether oxygens (including phenoxy) is 1. The molecule has 5 heteroatoms. The molecule has 2 rings (SSSR count). The van der Waals surface area contributed by atoms with E-state index in [1.165, 1.54) is 0 Å². The highest BCUT2D eigenvalue weighted by Gasteiger charge is 2.29. The van der Waals surface area contributed by atoms with Crippen LogP contribution < -0.4 is 11.1 Å². The fourth-order valence-corrected chi connectivity index (χ4v) is 1.58. The van der Waals surface area contributed by atoms with Crippen molar-refractivity contribution in [1.29, 1.82) is 0 Å². The van der Waals surface area contributed by atoms with Gasteiger partial charge >= 0.3 is 6.09 Å². The van der Waals surface area contributed by atoms with Gasteiger partial charge in [-0.05, 0) is 0 Å². The quantitative estimate of drug-likeness (QED) is 0.544. The lowest BCUT2D eigenvalue weighted by Crippen LogP contribution is -2.57. The Morgan fingerprint density at radius 2 is 2.42 bits per heavy atom. The summed E-state index contributed by atoms with van der Waals surface area (Å²) in [5, 5.41) is 2.62. The number of cyclic esters (lactones) is 1. The summed E-state index contributed by atoms with van der Waals surface area (Å²) in [6.07, 6.45) is -0.283. The molecule has 3 N–H and O–H groups in total. The van der Waals surface area contributed by atoms with Crippen molar-refractivity contribution < 1.29 is 9.53 Å². The molecular weight excluding hydrogens is 158 g/mol. The van der Waals surface area contributed by atoms with Gasteiger partial charge in [-0.15, -0.1) is 0 Å². The highest BCUT2D eigenvalue weighted by atomic mass is 16.6. The number of amides is 1. The molecule has 0 aromatic heterocycles. The molecule has 68 valence electrons. The van der Waals surface area contributed by atoms with Crippen LogP contribution in [0.15, 0.2) is 0 Å². The van der Waals surface area contributed by atoms with E-state index in [9.17, 15) is 4.79 Å². The molecule has 12 heavy (non-hydrogen) atoms. The first-order valence-corrected chi connectivity index (χ1v) is 4.16. The summed E-state index contributed by atoms with van der Waals surface area (Å²) in [4.78, 5) is 12.8. The highest BCUT2D eigenvalue weighted by molar-refractivity contribution is 5.69. The fraction of sp³-hybridized carbons (Fsp3) is 0.857. The first-order valence-electron chi connectivity index (χ1n) is 4.16. The van der Waals surface area contributed by atoms with Gasteiger partial charge in [-0.2, -0.15) is 0 Å². The molecule has 2 saturated heterocycles. The van der Waals surface area contributed by atoms with Crippen molar-refractivity contribution in [2.24, 2.45) is 5.73 Å². The Balaban J connectivity index is 1.70. The molecule has 2 aliphatic rings. The predicted molar refractivity (Wildman–Crippen MR) is 42.7 cm³/mol. The summed E-state index contributed by atoms with van der Waals surface area (Å²) in [5.41, 5.74) is 5.61. The van der Waals surface area contributed by atoms with Crippen LogP contribution in [0.25, 0.3) is 0 Å². The second-order valence-electron chi connectivity index (χ2n) is 3.39. The maximum Gasteiger partial charge on any atom is 0.407 e. The van der Waals surface area contributed by atoms with Crippen LogP contribution in [0.4, 0.5) is 4.79 Å². The van der Waals surface area contributed by atoms with E-state index in [1.54, 1.807) is 0 Å². The molecule has 2 heterocycles.